The molecule has 29 heavy (non-hydrogen) atoms. The summed E-state index contributed by atoms with van der Waals surface area (Å²) in [6.07, 6.45) is 5.37. The van der Waals surface area contributed by atoms with Crippen LogP contribution in [0.2, 0.25) is 0 Å². The van der Waals surface area contributed by atoms with Crippen LogP contribution in [0.15, 0.2) is 48.8 Å². The Kier molecular flexibility index (Phi) is 5.69. The van der Waals surface area contributed by atoms with E-state index in [1.54, 1.807) is 11.8 Å². The Balaban J connectivity index is 1.58. The Morgan fingerprint density at radius 3 is 2.76 bits per heavy atom. The molecule has 0 atom stereocenters. The van der Waals surface area contributed by atoms with Gasteiger partial charge in [0.15, 0.2) is 0 Å². The van der Waals surface area contributed by atoms with Crippen molar-refractivity contribution in [3.05, 3.63) is 54.4 Å². The molecule has 1 N–H and O–H groups in total. The van der Waals surface area contributed by atoms with Crippen molar-refractivity contribution in [3.63, 3.8) is 0 Å². The number of benzene rings is 2. The van der Waals surface area contributed by atoms with Crippen LogP contribution in [-0.2, 0) is 11.2 Å². The topological polar surface area (TPSA) is 85.2 Å². The van der Waals surface area contributed by atoms with Crippen molar-refractivity contribution < 1.29 is 9.53 Å². The molecular weight excluding hydrogens is 368 g/mol. The van der Waals surface area contributed by atoms with E-state index in [2.05, 4.69) is 25.7 Å². The second-order valence-corrected chi connectivity index (χ2v) is 7.08. The molecule has 0 aliphatic carbocycles. The van der Waals surface area contributed by atoms with Crippen LogP contribution in [0.25, 0.3) is 5.69 Å². The van der Waals surface area contributed by atoms with Gasteiger partial charge in [-0.3, -0.25) is 4.79 Å². The maximum Gasteiger partial charge on any atom is 0.228 e. The summed E-state index contributed by atoms with van der Waals surface area (Å²) in [5.74, 6) is 0.662. The Morgan fingerprint density at radius 2 is 2.00 bits per heavy atom. The lowest BCUT2D eigenvalue weighted by Gasteiger charge is -2.30. The van der Waals surface area contributed by atoms with E-state index in [0.29, 0.717) is 0 Å². The Bertz CT molecular complexity index is 967. The number of piperidine rings is 1. The van der Waals surface area contributed by atoms with Crippen molar-refractivity contribution in [3.8, 4) is 11.4 Å². The fraction of sp³-hybridized carbons (Fsp3) is 0.333. The van der Waals surface area contributed by atoms with Crippen LogP contribution in [0.1, 0.15) is 24.8 Å². The first-order chi connectivity index (χ1) is 14.2. The van der Waals surface area contributed by atoms with Crippen molar-refractivity contribution in [2.24, 2.45) is 0 Å². The fourth-order valence-corrected chi connectivity index (χ4v) is 3.62. The molecule has 0 saturated carbocycles. The lowest BCUT2D eigenvalue weighted by Crippen LogP contribution is -2.30. The number of carbonyl (C=O) groups excluding carboxylic acids is 1. The number of methoxy groups -OCH3 is 1. The predicted molar refractivity (Wildman–Crippen MR) is 111 cm³/mol. The van der Waals surface area contributed by atoms with Crippen molar-refractivity contribution in [2.75, 3.05) is 30.4 Å². The van der Waals surface area contributed by atoms with E-state index in [9.17, 15) is 4.79 Å². The van der Waals surface area contributed by atoms with Crippen molar-refractivity contribution in [2.45, 2.75) is 25.7 Å². The third kappa shape index (κ3) is 4.53. The molecule has 0 spiro atoms. The fourth-order valence-electron chi connectivity index (χ4n) is 3.62. The lowest BCUT2D eigenvalue weighted by molar-refractivity contribution is -0.115. The second-order valence-electron chi connectivity index (χ2n) is 7.08. The molecule has 8 heteroatoms. The number of carbonyl (C=O) groups is 1. The zero-order valence-electron chi connectivity index (χ0n) is 16.4. The summed E-state index contributed by atoms with van der Waals surface area (Å²) < 4.78 is 6.83. The van der Waals surface area contributed by atoms with Gasteiger partial charge in [-0.25, -0.2) is 4.68 Å². The molecule has 3 aromatic rings. The van der Waals surface area contributed by atoms with Crippen LogP contribution >= 0.6 is 0 Å². The van der Waals surface area contributed by atoms with Gasteiger partial charge < -0.3 is 15.0 Å². The smallest absolute Gasteiger partial charge is 0.228 e. The molecular formula is C21H24N6O2. The molecule has 1 amide bonds. The van der Waals surface area contributed by atoms with Crippen molar-refractivity contribution >= 4 is 17.3 Å². The molecule has 0 unspecified atom stereocenters. The SMILES string of the molecule is COc1cccc(CC(=O)Nc2cc(-n3cnnn3)ccc2N2CCCCC2)c1. The van der Waals surface area contributed by atoms with Crippen molar-refractivity contribution in [1.29, 1.82) is 0 Å². The van der Waals surface area contributed by atoms with Gasteiger partial charge in [0.1, 0.15) is 12.1 Å². The van der Waals surface area contributed by atoms with Crippen molar-refractivity contribution in [1.82, 2.24) is 20.2 Å². The van der Waals surface area contributed by atoms with Gasteiger partial charge >= 0.3 is 0 Å². The number of aromatic nitrogens is 4. The number of amides is 1. The van der Waals surface area contributed by atoms with Gasteiger partial charge in [-0.15, -0.1) is 5.10 Å². The number of anilines is 2. The average molecular weight is 392 g/mol. The number of nitrogens with one attached hydrogen (secondary N) is 1. The average Bonchev–Trinajstić information content (AvgIpc) is 3.29. The third-order valence-corrected chi connectivity index (χ3v) is 5.06. The molecule has 0 bridgehead atoms. The maximum absolute atomic E-state index is 12.8. The van der Waals surface area contributed by atoms with Crippen LogP contribution in [-0.4, -0.2) is 46.3 Å². The molecule has 1 saturated heterocycles. The molecule has 2 aromatic carbocycles. The first-order valence-corrected chi connectivity index (χ1v) is 9.78. The summed E-state index contributed by atoms with van der Waals surface area (Å²) >= 11 is 0. The first kappa shape index (κ1) is 18.9. The van der Waals surface area contributed by atoms with Gasteiger partial charge in [-0.05, 0) is 65.6 Å². The molecule has 2 heterocycles. The number of hydrogen-bond donors (Lipinski definition) is 1. The zero-order chi connectivity index (χ0) is 20.1. The standard InChI is InChI=1S/C21H24N6O2/c1-29-18-7-5-6-16(12-18)13-21(28)23-19-14-17(27-15-22-24-25-27)8-9-20(19)26-10-3-2-4-11-26/h5-9,12,14-15H,2-4,10-11,13H2,1H3,(H,23,28). The summed E-state index contributed by atoms with van der Waals surface area (Å²) in [5.41, 5.74) is 3.50. The number of ether oxygens (including phenoxy) is 1. The van der Waals surface area contributed by atoms with E-state index in [0.717, 1.165) is 54.3 Å². The highest BCUT2D eigenvalue weighted by Gasteiger charge is 2.17. The molecule has 8 nitrogen and oxygen atoms in total. The number of rotatable bonds is 6. The minimum atomic E-state index is -0.0784. The summed E-state index contributed by atoms with van der Waals surface area (Å²) in [6.45, 7) is 1.98. The summed E-state index contributed by atoms with van der Waals surface area (Å²) in [5, 5.41) is 14.4. The van der Waals surface area contributed by atoms with Gasteiger partial charge in [0.25, 0.3) is 0 Å². The van der Waals surface area contributed by atoms with E-state index in [1.165, 1.54) is 12.7 Å². The van der Waals surface area contributed by atoms with Gasteiger partial charge in [0, 0.05) is 13.1 Å². The molecule has 1 aromatic heterocycles. The highest BCUT2D eigenvalue weighted by molar-refractivity contribution is 5.96. The minimum Gasteiger partial charge on any atom is -0.497 e. The largest absolute Gasteiger partial charge is 0.497 e. The minimum absolute atomic E-state index is 0.0784. The van der Waals surface area contributed by atoms with E-state index in [-0.39, 0.29) is 12.3 Å². The van der Waals surface area contributed by atoms with Gasteiger partial charge in [0.05, 0.1) is 30.6 Å². The number of nitrogens with zero attached hydrogens (tertiary/aromatic N) is 5. The Hall–Kier alpha value is -3.42. The molecule has 150 valence electrons. The summed E-state index contributed by atoms with van der Waals surface area (Å²) in [4.78, 5) is 15.1. The number of tetrazole rings is 1. The summed E-state index contributed by atoms with van der Waals surface area (Å²) in [7, 11) is 1.62. The lowest BCUT2D eigenvalue weighted by atomic mass is 10.1. The Morgan fingerprint density at radius 1 is 1.14 bits per heavy atom. The Labute approximate surface area is 169 Å². The van der Waals surface area contributed by atoms with E-state index in [4.69, 9.17) is 4.74 Å². The van der Waals surface area contributed by atoms with Crippen LogP contribution in [0, 0.1) is 0 Å². The van der Waals surface area contributed by atoms with E-state index in [1.807, 2.05) is 42.5 Å². The highest BCUT2D eigenvalue weighted by Crippen LogP contribution is 2.31. The first-order valence-electron chi connectivity index (χ1n) is 9.78. The van der Waals surface area contributed by atoms with Crippen LogP contribution in [0.4, 0.5) is 11.4 Å². The normalized spacial score (nSPS) is 13.9. The van der Waals surface area contributed by atoms with Crippen LogP contribution in [0.3, 0.4) is 0 Å². The monoisotopic (exact) mass is 392 g/mol. The number of hydrogen-bond acceptors (Lipinski definition) is 6. The third-order valence-electron chi connectivity index (χ3n) is 5.06. The van der Waals surface area contributed by atoms with Crippen LogP contribution < -0.4 is 15.0 Å². The maximum atomic E-state index is 12.8. The zero-order valence-corrected chi connectivity index (χ0v) is 16.4. The highest BCUT2D eigenvalue weighted by atomic mass is 16.5. The molecule has 1 aliphatic heterocycles. The molecule has 4 rings (SSSR count). The van der Waals surface area contributed by atoms with E-state index < -0.39 is 0 Å². The van der Waals surface area contributed by atoms with Gasteiger partial charge in [0.2, 0.25) is 5.91 Å². The van der Waals surface area contributed by atoms with Gasteiger partial charge in [-0.2, -0.15) is 0 Å². The molecule has 1 aliphatic rings. The second kappa shape index (κ2) is 8.72. The molecule has 1 fully saturated rings. The quantitative estimate of drug-likeness (QED) is 0.694. The van der Waals surface area contributed by atoms with E-state index >= 15 is 0 Å². The predicted octanol–water partition coefficient (Wildman–Crippen LogP) is 2.84. The van der Waals surface area contributed by atoms with Crippen LogP contribution in [0.5, 0.6) is 5.75 Å². The molecule has 0 radical (unpaired) electrons. The van der Waals surface area contributed by atoms with Gasteiger partial charge in [-0.1, -0.05) is 12.1 Å². The summed E-state index contributed by atoms with van der Waals surface area (Å²) in [6, 6.07) is 13.5.